The van der Waals surface area contributed by atoms with Gasteiger partial charge in [0.2, 0.25) is 6.29 Å². The number of hydrogen-bond acceptors (Lipinski definition) is 21. The van der Waals surface area contributed by atoms with E-state index in [4.69, 9.17) is 37.9 Å². The van der Waals surface area contributed by atoms with Crippen molar-refractivity contribution in [3.8, 4) is 0 Å². The summed E-state index contributed by atoms with van der Waals surface area (Å²) in [6.45, 7) is 15.9. The largest absolute Gasteiger partial charge is 0.432 e. The van der Waals surface area contributed by atoms with Gasteiger partial charge in [-0.05, 0) is 116 Å². The number of fused-ring (bicyclic) bond motifs is 7. The lowest BCUT2D eigenvalue weighted by Crippen LogP contribution is -2.67. The zero-order valence-corrected chi connectivity index (χ0v) is 44.1. The molecule has 27 atom stereocenters. The third-order valence-electron chi connectivity index (χ3n) is 21.0. The Morgan fingerprint density at radius 1 is 0.608 bits per heavy atom. The molecule has 424 valence electrons. The van der Waals surface area contributed by atoms with Gasteiger partial charge >= 0.3 is 5.97 Å². The smallest absolute Gasteiger partial charge is 0.315 e. The molecule has 4 aliphatic heterocycles. The van der Waals surface area contributed by atoms with Crippen LogP contribution in [-0.2, 0) is 42.7 Å². The Balaban J connectivity index is 0.896. The third kappa shape index (κ3) is 9.17. The van der Waals surface area contributed by atoms with Gasteiger partial charge in [0.25, 0.3) is 0 Å². The Kier molecular flexibility index (Phi) is 15.8. The average Bonchev–Trinajstić information content (AvgIpc) is 3.35. The second-order valence-corrected chi connectivity index (χ2v) is 25.8. The van der Waals surface area contributed by atoms with Crippen molar-refractivity contribution in [1.82, 2.24) is 0 Å². The quantitative estimate of drug-likeness (QED) is 0.0755. The molecule has 4 saturated heterocycles. The summed E-state index contributed by atoms with van der Waals surface area (Å²) in [5.74, 6) is -0.203. The molecule has 5 aliphatic carbocycles. The van der Waals surface area contributed by atoms with Gasteiger partial charge < -0.3 is 99.2 Å². The van der Waals surface area contributed by atoms with Crippen LogP contribution in [-0.4, -0.2) is 210 Å². The number of aliphatic hydroxyl groups is 12. The summed E-state index contributed by atoms with van der Waals surface area (Å²) in [5, 5.41) is 129. The Hall–Kier alpha value is -1.55. The minimum absolute atomic E-state index is 0.0778. The summed E-state index contributed by atoms with van der Waals surface area (Å²) in [4.78, 5) is 15.1. The third-order valence-corrected chi connectivity index (χ3v) is 21.0. The average molecular weight is 1060 g/mol. The summed E-state index contributed by atoms with van der Waals surface area (Å²) in [6, 6.07) is 0. The molecule has 0 unspecified atom stereocenters. The summed E-state index contributed by atoms with van der Waals surface area (Å²) in [7, 11) is 0. The number of rotatable bonds is 10. The Morgan fingerprint density at radius 2 is 1.18 bits per heavy atom. The zero-order chi connectivity index (χ0) is 54.0. The molecular weight excluding hydrogens is 973 g/mol. The topological polar surface area (TPSA) is 334 Å². The van der Waals surface area contributed by atoms with E-state index in [1.807, 2.05) is 0 Å². The van der Waals surface area contributed by atoms with Gasteiger partial charge in [-0.15, -0.1) is 0 Å². The number of aliphatic hydroxyl groups excluding tert-OH is 12. The van der Waals surface area contributed by atoms with E-state index in [0.717, 1.165) is 44.9 Å². The van der Waals surface area contributed by atoms with Crippen molar-refractivity contribution in [2.45, 2.75) is 242 Å². The molecule has 0 amide bonds. The van der Waals surface area contributed by atoms with Crippen molar-refractivity contribution in [1.29, 1.82) is 0 Å². The van der Waals surface area contributed by atoms with E-state index in [2.05, 4.69) is 54.5 Å². The highest BCUT2D eigenvalue weighted by atomic mass is 16.8. The van der Waals surface area contributed by atoms with Crippen molar-refractivity contribution in [2.24, 2.45) is 50.2 Å². The van der Waals surface area contributed by atoms with Gasteiger partial charge in [0.1, 0.15) is 85.5 Å². The SMILES string of the molecule is C[C@@H]1O[C@H](O[C@@H]2[C@@H](O)[C@H](O)[C@@H](O[C@@H]3[C@@H](O)[C@H](O)[C@@H](OC(=O)[C@@]45CCC(C)(C)C[C@H]4C4=CC[C@H]6[C@]7(C)CC[C@H](O[C@H]8OC[C@H](O)[C@@H](O)[C@@H]8O)C(C)(C)[C@H]7CC[C@@]6(C)[C@]4(C)CC5)O[C@H]3CO)O[C@H]2CO)[C@@H](O)[C@H](O)[C@H]1O. The van der Waals surface area contributed by atoms with Crippen molar-refractivity contribution in [2.75, 3.05) is 19.8 Å². The molecule has 21 nitrogen and oxygen atoms in total. The highest BCUT2D eigenvalue weighted by molar-refractivity contribution is 5.79. The first-order valence-corrected chi connectivity index (χ1v) is 27.1. The lowest BCUT2D eigenvalue weighted by atomic mass is 9.33. The Bertz CT molecular complexity index is 2040. The number of ether oxygens (including phenoxy) is 8. The molecule has 4 saturated carbocycles. The fourth-order valence-electron chi connectivity index (χ4n) is 16.2. The molecule has 74 heavy (non-hydrogen) atoms. The lowest BCUT2D eigenvalue weighted by Gasteiger charge is -2.71. The van der Waals surface area contributed by atoms with Crippen LogP contribution in [0.1, 0.15) is 120 Å². The first kappa shape index (κ1) is 57.1. The second-order valence-electron chi connectivity index (χ2n) is 25.8. The minimum atomic E-state index is -1.95. The van der Waals surface area contributed by atoms with Crippen molar-refractivity contribution < 1.29 is 104 Å². The maximum atomic E-state index is 15.1. The van der Waals surface area contributed by atoms with Gasteiger partial charge in [-0.1, -0.05) is 60.1 Å². The van der Waals surface area contributed by atoms with E-state index >= 15 is 4.79 Å². The summed E-state index contributed by atoms with van der Waals surface area (Å²) < 4.78 is 47.3. The zero-order valence-electron chi connectivity index (χ0n) is 44.1. The molecule has 0 radical (unpaired) electrons. The van der Waals surface area contributed by atoms with E-state index in [-0.39, 0.29) is 51.6 Å². The van der Waals surface area contributed by atoms with Crippen LogP contribution in [0.15, 0.2) is 11.6 Å². The normalized spacial score (nSPS) is 54.1. The Labute approximate surface area is 433 Å². The monoisotopic (exact) mass is 1060 g/mol. The van der Waals surface area contributed by atoms with Crippen LogP contribution in [0, 0.1) is 50.2 Å². The molecule has 4 heterocycles. The summed E-state index contributed by atoms with van der Waals surface area (Å²) in [5.41, 5.74) is -0.647. The molecule has 21 heteroatoms. The molecule has 0 aromatic carbocycles. The predicted octanol–water partition coefficient (Wildman–Crippen LogP) is -0.369. The van der Waals surface area contributed by atoms with Gasteiger partial charge in [0, 0.05) is 0 Å². The number of carbonyl (C=O) groups excluding carboxylic acids is 1. The molecule has 9 aliphatic rings. The van der Waals surface area contributed by atoms with E-state index in [0.29, 0.717) is 25.2 Å². The first-order chi connectivity index (χ1) is 34.6. The van der Waals surface area contributed by atoms with E-state index in [9.17, 15) is 61.3 Å². The van der Waals surface area contributed by atoms with Gasteiger partial charge in [-0.3, -0.25) is 4.79 Å². The molecule has 0 aromatic rings. The van der Waals surface area contributed by atoms with Gasteiger partial charge in [0.15, 0.2) is 18.9 Å². The number of hydrogen-bond donors (Lipinski definition) is 12. The van der Waals surface area contributed by atoms with Crippen LogP contribution >= 0.6 is 0 Å². The van der Waals surface area contributed by atoms with Crippen molar-refractivity contribution in [3.63, 3.8) is 0 Å². The van der Waals surface area contributed by atoms with E-state index in [1.54, 1.807) is 0 Å². The molecule has 0 bridgehead atoms. The number of allylic oxidation sites excluding steroid dienone is 2. The maximum Gasteiger partial charge on any atom is 0.315 e. The number of carbonyl (C=O) groups is 1. The molecule has 9 rings (SSSR count). The van der Waals surface area contributed by atoms with Crippen LogP contribution in [0.2, 0.25) is 0 Å². The van der Waals surface area contributed by atoms with Crippen LogP contribution in [0.25, 0.3) is 0 Å². The molecule has 12 N–H and O–H groups in total. The van der Waals surface area contributed by atoms with Crippen LogP contribution in [0.5, 0.6) is 0 Å². The molecule has 0 spiro atoms. The highest BCUT2D eigenvalue weighted by Gasteiger charge is 2.70. The van der Waals surface area contributed by atoms with Crippen molar-refractivity contribution in [3.05, 3.63) is 11.6 Å². The first-order valence-electron chi connectivity index (χ1n) is 27.1. The van der Waals surface area contributed by atoms with Gasteiger partial charge in [-0.25, -0.2) is 0 Å². The Morgan fingerprint density at radius 3 is 1.81 bits per heavy atom. The maximum absolute atomic E-state index is 15.1. The summed E-state index contributed by atoms with van der Waals surface area (Å²) >= 11 is 0. The van der Waals surface area contributed by atoms with Crippen LogP contribution < -0.4 is 0 Å². The van der Waals surface area contributed by atoms with Crippen molar-refractivity contribution >= 4 is 5.97 Å². The molecule has 8 fully saturated rings. The van der Waals surface area contributed by atoms with Crippen LogP contribution in [0.3, 0.4) is 0 Å². The fraction of sp³-hybridized carbons (Fsp3) is 0.943. The molecular formula is C53H86O21. The van der Waals surface area contributed by atoms with E-state index in [1.165, 1.54) is 12.5 Å². The molecule has 0 aromatic heterocycles. The fourth-order valence-corrected chi connectivity index (χ4v) is 16.2. The second kappa shape index (κ2) is 20.5. The predicted molar refractivity (Wildman–Crippen MR) is 255 cm³/mol. The summed E-state index contributed by atoms with van der Waals surface area (Å²) in [6.07, 6.45) is -20.0. The van der Waals surface area contributed by atoms with E-state index < -0.39 is 141 Å². The minimum Gasteiger partial charge on any atom is -0.432 e. The van der Waals surface area contributed by atoms with Gasteiger partial charge in [-0.2, -0.15) is 0 Å². The highest BCUT2D eigenvalue weighted by Crippen LogP contribution is 2.76. The lowest BCUT2D eigenvalue weighted by molar-refractivity contribution is -0.377. The number of esters is 1. The van der Waals surface area contributed by atoms with Crippen LogP contribution in [0.4, 0.5) is 0 Å². The van der Waals surface area contributed by atoms with Gasteiger partial charge in [0.05, 0.1) is 37.4 Å². The standard InChI is InChI=1S/C53H86O21/c1-23-32(57)34(59)38(63)44(68-23)72-41-27(20-54)69-45(39(64)35(41)60)73-42-28(21-55)70-46(40(65)36(42)61)74-47(66)53-17-15-48(2,3)19-25(53)24-9-10-30-50(6)13-12-31(71-43-37(62)33(58)26(56)22-67-43)49(4,5)29(50)11-14-52(30,8)51(24,7)16-18-53/h9,23,25-46,54-65H,10-22H2,1-8H3/t23-,25-,26-,27-,28-,29+,30-,31-,32-,33+,34+,35-,36-,37-,38-,39-,40-,41-,42-,43+,44+,45+,46+,50+,51+,52+,53+/m0/s1.